The van der Waals surface area contributed by atoms with Crippen molar-refractivity contribution < 1.29 is 4.52 Å². The van der Waals surface area contributed by atoms with Crippen LogP contribution in [0.1, 0.15) is 0 Å². The van der Waals surface area contributed by atoms with Gasteiger partial charge in [-0.05, 0) is 12.1 Å². The number of nitrogen functional groups attached to an aromatic ring is 1. The molecule has 12 heavy (non-hydrogen) atoms. The highest BCUT2D eigenvalue weighted by atomic mass is 16.5. The minimum atomic E-state index is 0.391. The van der Waals surface area contributed by atoms with Crippen LogP contribution in [0.3, 0.4) is 0 Å². The quantitative estimate of drug-likeness (QED) is 0.668. The zero-order valence-electron chi connectivity index (χ0n) is 6.14. The second kappa shape index (κ2) is 2.61. The van der Waals surface area contributed by atoms with E-state index in [1.165, 1.54) is 6.26 Å². The molecule has 0 radical (unpaired) electrons. The minimum Gasteiger partial charge on any atom is -0.382 e. The van der Waals surface area contributed by atoms with Gasteiger partial charge in [-0.25, -0.2) is 0 Å². The number of nitrogens with two attached hydrogens (primary N) is 1. The summed E-state index contributed by atoms with van der Waals surface area (Å²) in [7, 11) is 0. The fraction of sp³-hybridized carbons (Fsp3) is 0. The molecule has 0 bridgehead atoms. The first-order valence-corrected chi connectivity index (χ1v) is 3.36. The Hall–Kier alpha value is -1.91. The van der Waals surface area contributed by atoms with Gasteiger partial charge in [0.05, 0.1) is 0 Å². The molecule has 0 aliphatic rings. The third kappa shape index (κ3) is 1.12. The molecule has 0 aliphatic carbocycles. The van der Waals surface area contributed by atoms with Crippen LogP contribution < -0.4 is 5.73 Å². The van der Waals surface area contributed by atoms with Gasteiger partial charge in [-0.1, -0.05) is 5.16 Å². The number of rotatable bonds is 1. The van der Waals surface area contributed by atoms with E-state index in [9.17, 15) is 0 Å². The van der Waals surface area contributed by atoms with Gasteiger partial charge in [0.25, 0.3) is 0 Å². The lowest BCUT2D eigenvalue weighted by molar-refractivity contribution is 0.422. The molecule has 60 valence electrons. The summed E-state index contributed by atoms with van der Waals surface area (Å²) in [5.41, 5.74) is 6.67. The fourth-order valence-corrected chi connectivity index (χ4v) is 0.824. The van der Waals surface area contributed by atoms with E-state index in [0.717, 1.165) is 0 Å². The molecule has 0 saturated carbocycles. The average Bonchev–Trinajstić information content (AvgIpc) is 2.58. The van der Waals surface area contributed by atoms with Crippen molar-refractivity contribution >= 4 is 5.82 Å². The molecule has 2 heterocycles. The molecule has 5 heteroatoms. The summed E-state index contributed by atoms with van der Waals surface area (Å²) in [6, 6.07) is 5.11. The van der Waals surface area contributed by atoms with E-state index in [4.69, 9.17) is 5.73 Å². The molecular weight excluding hydrogens is 156 g/mol. The highest BCUT2D eigenvalue weighted by Gasteiger charge is 2.01. The lowest BCUT2D eigenvalue weighted by Gasteiger charge is -1.92. The van der Waals surface area contributed by atoms with Crippen LogP contribution in [0, 0.1) is 0 Å². The van der Waals surface area contributed by atoms with Gasteiger partial charge in [-0.3, -0.25) is 0 Å². The van der Waals surface area contributed by atoms with Crippen LogP contribution in [-0.4, -0.2) is 15.4 Å². The molecule has 0 aromatic carbocycles. The number of hydrogen-bond donors (Lipinski definition) is 1. The van der Waals surface area contributed by atoms with Crippen molar-refractivity contribution in [3.8, 4) is 11.4 Å². The second-order valence-electron chi connectivity index (χ2n) is 2.23. The lowest BCUT2D eigenvalue weighted by Crippen LogP contribution is -1.93. The normalized spacial score (nSPS) is 10.0. The molecule has 5 nitrogen and oxygen atoms in total. The van der Waals surface area contributed by atoms with Gasteiger partial charge in [0.2, 0.25) is 0 Å². The Kier molecular flexibility index (Phi) is 1.48. The molecular formula is C7H6N4O. The second-order valence-corrected chi connectivity index (χ2v) is 2.23. The van der Waals surface area contributed by atoms with E-state index in [-0.39, 0.29) is 0 Å². The maximum Gasteiger partial charge on any atom is 0.146 e. The Bertz CT molecular complexity index is 353. The molecule has 2 rings (SSSR count). The number of nitrogens with zero attached hydrogens (tertiary/aromatic N) is 3. The van der Waals surface area contributed by atoms with Crippen molar-refractivity contribution in [1.82, 2.24) is 15.4 Å². The van der Waals surface area contributed by atoms with Crippen LogP contribution in [0.25, 0.3) is 11.4 Å². The Labute approximate surface area is 68.2 Å². The summed E-state index contributed by atoms with van der Waals surface area (Å²) in [4.78, 5) is 0. The molecule has 0 unspecified atom stereocenters. The smallest absolute Gasteiger partial charge is 0.146 e. The highest BCUT2D eigenvalue weighted by molar-refractivity contribution is 5.52. The maximum absolute atomic E-state index is 5.36. The van der Waals surface area contributed by atoms with Crippen molar-refractivity contribution in [3.63, 3.8) is 0 Å². The lowest BCUT2D eigenvalue weighted by atomic mass is 10.3. The predicted octanol–water partition coefficient (Wildman–Crippen LogP) is 0.714. The van der Waals surface area contributed by atoms with E-state index in [2.05, 4.69) is 19.9 Å². The Morgan fingerprint density at radius 3 is 2.58 bits per heavy atom. The van der Waals surface area contributed by atoms with E-state index >= 15 is 0 Å². The Morgan fingerprint density at radius 1 is 1.08 bits per heavy atom. The Morgan fingerprint density at radius 2 is 2.00 bits per heavy atom. The summed E-state index contributed by atoms with van der Waals surface area (Å²) in [6.45, 7) is 0. The SMILES string of the molecule is Nc1ccc(-c2ccon2)nn1. The Balaban J connectivity index is 2.43. The van der Waals surface area contributed by atoms with Gasteiger partial charge in [0.15, 0.2) is 0 Å². The van der Waals surface area contributed by atoms with Crippen LogP contribution in [0.2, 0.25) is 0 Å². The average molecular weight is 162 g/mol. The molecule has 0 amide bonds. The van der Waals surface area contributed by atoms with Crippen molar-refractivity contribution in [2.45, 2.75) is 0 Å². The van der Waals surface area contributed by atoms with Crippen molar-refractivity contribution in [3.05, 3.63) is 24.5 Å². The molecule has 2 aromatic heterocycles. The van der Waals surface area contributed by atoms with Crippen molar-refractivity contribution in [2.24, 2.45) is 0 Å². The summed E-state index contributed by atoms with van der Waals surface area (Å²) in [6.07, 6.45) is 1.48. The zero-order chi connectivity index (χ0) is 8.39. The number of aromatic nitrogens is 3. The van der Waals surface area contributed by atoms with Gasteiger partial charge in [0, 0.05) is 6.07 Å². The van der Waals surface area contributed by atoms with Crippen LogP contribution in [-0.2, 0) is 0 Å². The molecule has 0 aliphatic heterocycles. The summed E-state index contributed by atoms with van der Waals surface area (Å²) in [5, 5.41) is 11.2. The highest BCUT2D eigenvalue weighted by Crippen LogP contribution is 2.12. The molecule has 0 saturated heterocycles. The third-order valence-corrected chi connectivity index (χ3v) is 1.39. The van der Waals surface area contributed by atoms with Gasteiger partial charge in [-0.15, -0.1) is 10.2 Å². The van der Waals surface area contributed by atoms with Gasteiger partial charge < -0.3 is 10.3 Å². The van der Waals surface area contributed by atoms with Gasteiger partial charge >= 0.3 is 0 Å². The maximum atomic E-state index is 5.36. The largest absolute Gasteiger partial charge is 0.382 e. The van der Waals surface area contributed by atoms with Crippen LogP contribution in [0.15, 0.2) is 29.0 Å². The predicted molar refractivity (Wildman–Crippen MR) is 41.9 cm³/mol. The first-order chi connectivity index (χ1) is 5.86. The first-order valence-electron chi connectivity index (χ1n) is 3.36. The monoisotopic (exact) mass is 162 g/mol. The van der Waals surface area contributed by atoms with E-state index in [1.54, 1.807) is 18.2 Å². The fourth-order valence-electron chi connectivity index (χ4n) is 0.824. The van der Waals surface area contributed by atoms with Crippen LogP contribution in [0.4, 0.5) is 5.82 Å². The van der Waals surface area contributed by atoms with Crippen molar-refractivity contribution in [2.75, 3.05) is 5.73 Å². The molecule has 0 spiro atoms. The number of anilines is 1. The van der Waals surface area contributed by atoms with E-state index in [0.29, 0.717) is 17.2 Å². The molecule has 2 N–H and O–H groups in total. The third-order valence-electron chi connectivity index (χ3n) is 1.39. The molecule has 2 aromatic rings. The summed E-state index contributed by atoms with van der Waals surface area (Å²) >= 11 is 0. The van der Waals surface area contributed by atoms with Gasteiger partial charge in [-0.2, -0.15) is 0 Å². The van der Waals surface area contributed by atoms with Crippen LogP contribution >= 0.6 is 0 Å². The van der Waals surface area contributed by atoms with Gasteiger partial charge in [0.1, 0.15) is 23.5 Å². The molecule has 0 fully saturated rings. The number of hydrogen-bond acceptors (Lipinski definition) is 5. The standard InChI is InChI=1S/C7H6N4O/c8-7-2-1-5(9-10-7)6-3-4-12-11-6/h1-4H,(H2,8,10). The summed E-state index contributed by atoms with van der Waals surface area (Å²) in [5.74, 6) is 0.391. The molecule has 0 atom stereocenters. The van der Waals surface area contributed by atoms with Crippen LogP contribution in [0.5, 0.6) is 0 Å². The van der Waals surface area contributed by atoms with E-state index < -0.39 is 0 Å². The topological polar surface area (TPSA) is 77.8 Å². The van der Waals surface area contributed by atoms with E-state index in [1.807, 2.05) is 0 Å². The summed E-state index contributed by atoms with van der Waals surface area (Å²) < 4.78 is 4.65. The first kappa shape index (κ1) is 6.78. The van der Waals surface area contributed by atoms with Crippen molar-refractivity contribution in [1.29, 1.82) is 0 Å². The zero-order valence-corrected chi connectivity index (χ0v) is 6.14. The minimum absolute atomic E-state index is 0.391.